The smallest absolute Gasteiger partial charge is 0.360 e. The molecule has 0 aliphatic rings. The van der Waals surface area contributed by atoms with Crippen LogP contribution in [0.5, 0.6) is 5.75 Å². The molecule has 0 bridgehead atoms. The molecule has 2 aromatic heterocycles. The highest BCUT2D eigenvalue weighted by Crippen LogP contribution is 2.33. The summed E-state index contributed by atoms with van der Waals surface area (Å²) in [6.07, 6.45) is 0. The van der Waals surface area contributed by atoms with Crippen molar-refractivity contribution in [3.8, 4) is 17.0 Å². The molecule has 5 nitrogen and oxygen atoms in total. The second kappa shape index (κ2) is 8.57. The van der Waals surface area contributed by atoms with Crippen molar-refractivity contribution in [2.45, 2.75) is 6.61 Å². The summed E-state index contributed by atoms with van der Waals surface area (Å²) in [5.74, 6) is -0.164. The second-order valence-corrected chi connectivity index (χ2v) is 7.33. The second-order valence-electron chi connectivity index (χ2n) is 6.30. The number of aromatic nitrogens is 2. The molecule has 0 amide bonds. The molecule has 0 aliphatic heterocycles. The number of fused-ring (bicyclic) bond motifs is 1. The van der Waals surface area contributed by atoms with Crippen molar-refractivity contribution < 1.29 is 14.3 Å². The van der Waals surface area contributed by atoms with Crippen molar-refractivity contribution >= 4 is 39.5 Å². The highest BCUT2D eigenvalue weighted by atomic mass is 127. The molecule has 29 heavy (non-hydrogen) atoms. The van der Waals surface area contributed by atoms with Gasteiger partial charge < -0.3 is 9.47 Å². The van der Waals surface area contributed by atoms with Gasteiger partial charge in [0.15, 0.2) is 11.4 Å². The van der Waals surface area contributed by atoms with Gasteiger partial charge >= 0.3 is 5.97 Å². The van der Waals surface area contributed by atoms with Crippen LogP contribution in [0.3, 0.4) is 0 Å². The van der Waals surface area contributed by atoms with E-state index in [0.29, 0.717) is 21.6 Å². The quantitative estimate of drug-likeness (QED) is 0.214. The van der Waals surface area contributed by atoms with E-state index in [1.807, 2.05) is 72.8 Å². The van der Waals surface area contributed by atoms with E-state index in [4.69, 9.17) is 14.5 Å². The number of ether oxygens (including phenoxy) is 2. The van der Waals surface area contributed by atoms with Gasteiger partial charge in [0.2, 0.25) is 0 Å². The fraction of sp³-hybridized carbons (Fsp3) is 0.0870. The lowest BCUT2D eigenvalue weighted by Gasteiger charge is -2.14. The molecule has 2 aromatic carbocycles. The molecule has 0 atom stereocenters. The van der Waals surface area contributed by atoms with E-state index in [0.717, 1.165) is 22.2 Å². The zero-order valence-corrected chi connectivity index (χ0v) is 17.8. The Kier molecular flexibility index (Phi) is 5.71. The number of pyridine rings is 2. The topological polar surface area (TPSA) is 61.3 Å². The molecular weight excluding hydrogens is 479 g/mol. The van der Waals surface area contributed by atoms with Gasteiger partial charge in [-0.2, -0.15) is 0 Å². The maximum Gasteiger partial charge on any atom is 0.360 e. The summed E-state index contributed by atoms with van der Waals surface area (Å²) >= 11 is 2.09. The van der Waals surface area contributed by atoms with Gasteiger partial charge in [0, 0.05) is 10.9 Å². The Balaban J connectivity index is 1.83. The average Bonchev–Trinajstić information content (AvgIpc) is 2.79. The van der Waals surface area contributed by atoms with Crippen molar-refractivity contribution in [2.24, 2.45) is 0 Å². The molecule has 0 saturated carbocycles. The normalized spacial score (nSPS) is 10.7. The van der Waals surface area contributed by atoms with Crippen LogP contribution in [0.4, 0.5) is 0 Å². The number of halogens is 1. The van der Waals surface area contributed by atoms with E-state index in [-0.39, 0.29) is 5.69 Å². The summed E-state index contributed by atoms with van der Waals surface area (Å²) in [5, 5.41) is 0.723. The summed E-state index contributed by atoms with van der Waals surface area (Å²) in [5.41, 5.74) is 3.66. The summed E-state index contributed by atoms with van der Waals surface area (Å²) in [4.78, 5) is 21.6. The van der Waals surface area contributed by atoms with Crippen molar-refractivity contribution in [3.63, 3.8) is 0 Å². The molecule has 0 unspecified atom stereocenters. The summed E-state index contributed by atoms with van der Waals surface area (Å²) in [6, 6.07) is 23.5. The molecule has 0 N–H and O–H groups in total. The first-order valence-electron chi connectivity index (χ1n) is 8.98. The number of methoxy groups -OCH3 is 1. The SMILES string of the molecule is COC(=O)c1nc(I)c2nc(-c3ccccc3)ccc2c1OCc1ccccc1. The third-order valence-electron chi connectivity index (χ3n) is 4.43. The van der Waals surface area contributed by atoms with E-state index < -0.39 is 5.97 Å². The van der Waals surface area contributed by atoms with Crippen LogP contribution < -0.4 is 4.74 Å². The van der Waals surface area contributed by atoms with Crippen molar-refractivity contribution in [2.75, 3.05) is 7.11 Å². The standard InChI is InChI=1S/C23H17IN2O3/c1-28-23(27)20-21(29-14-15-8-4-2-5-9-15)17-12-13-18(16-10-6-3-7-11-16)25-19(17)22(24)26-20/h2-13H,14H2,1H3. The summed E-state index contributed by atoms with van der Waals surface area (Å²) in [6.45, 7) is 0.308. The predicted octanol–water partition coefficient (Wildman–Crippen LogP) is 5.27. The lowest BCUT2D eigenvalue weighted by Crippen LogP contribution is -2.11. The monoisotopic (exact) mass is 496 g/mol. The summed E-state index contributed by atoms with van der Waals surface area (Å²) in [7, 11) is 1.33. The largest absolute Gasteiger partial charge is 0.486 e. The molecule has 0 radical (unpaired) electrons. The lowest BCUT2D eigenvalue weighted by molar-refractivity contribution is 0.0588. The van der Waals surface area contributed by atoms with Gasteiger partial charge in [-0.15, -0.1) is 0 Å². The molecule has 6 heteroatoms. The van der Waals surface area contributed by atoms with Crippen LogP contribution in [0.25, 0.3) is 22.2 Å². The highest BCUT2D eigenvalue weighted by Gasteiger charge is 2.22. The van der Waals surface area contributed by atoms with E-state index in [1.54, 1.807) is 0 Å². The van der Waals surface area contributed by atoms with E-state index in [2.05, 4.69) is 27.6 Å². The number of esters is 1. The van der Waals surface area contributed by atoms with Crippen LogP contribution in [0, 0.1) is 3.70 Å². The Hall–Kier alpha value is -3.00. The van der Waals surface area contributed by atoms with Crippen molar-refractivity contribution in [3.05, 3.63) is 87.8 Å². The third-order valence-corrected chi connectivity index (χ3v) is 5.19. The van der Waals surface area contributed by atoms with Crippen LogP contribution in [-0.2, 0) is 11.3 Å². The Bertz CT molecular complexity index is 1170. The van der Waals surface area contributed by atoms with Gasteiger partial charge in [-0.3, -0.25) is 0 Å². The van der Waals surface area contributed by atoms with Gasteiger partial charge in [0.1, 0.15) is 15.8 Å². The number of carbonyl (C=O) groups excluding carboxylic acids is 1. The van der Waals surface area contributed by atoms with Crippen LogP contribution in [-0.4, -0.2) is 23.0 Å². The maximum absolute atomic E-state index is 12.3. The first-order valence-corrected chi connectivity index (χ1v) is 10.1. The maximum atomic E-state index is 12.3. The molecule has 4 rings (SSSR count). The van der Waals surface area contributed by atoms with Gasteiger partial charge in [-0.25, -0.2) is 14.8 Å². The highest BCUT2D eigenvalue weighted by molar-refractivity contribution is 14.1. The molecule has 0 saturated heterocycles. The predicted molar refractivity (Wildman–Crippen MR) is 120 cm³/mol. The third kappa shape index (κ3) is 4.07. The van der Waals surface area contributed by atoms with Crippen LogP contribution in [0.1, 0.15) is 16.1 Å². The minimum atomic E-state index is -0.542. The molecule has 0 fully saturated rings. The zero-order chi connectivity index (χ0) is 20.2. The molecule has 2 heterocycles. The van der Waals surface area contributed by atoms with Crippen molar-refractivity contribution in [1.82, 2.24) is 9.97 Å². The van der Waals surface area contributed by atoms with Crippen LogP contribution in [0.15, 0.2) is 72.8 Å². The Morgan fingerprint density at radius 2 is 1.62 bits per heavy atom. The molecule has 4 aromatic rings. The minimum Gasteiger partial charge on any atom is -0.486 e. The minimum absolute atomic E-state index is 0.148. The van der Waals surface area contributed by atoms with Crippen LogP contribution >= 0.6 is 22.6 Å². The number of nitrogens with zero attached hydrogens (tertiary/aromatic N) is 2. The lowest BCUT2D eigenvalue weighted by atomic mass is 10.1. The van der Waals surface area contributed by atoms with Gasteiger partial charge in [0.25, 0.3) is 0 Å². The average molecular weight is 496 g/mol. The fourth-order valence-electron chi connectivity index (χ4n) is 3.01. The number of hydrogen-bond donors (Lipinski definition) is 0. The van der Waals surface area contributed by atoms with Gasteiger partial charge in [-0.05, 0) is 40.3 Å². The molecule has 0 spiro atoms. The summed E-state index contributed by atoms with van der Waals surface area (Å²) < 4.78 is 11.6. The van der Waals surface area contributed by atoms with E-state index >= 15 is 0 Å². The molecular formula is C23H17IN2O3. The number of benzene rings is 2. The van der Waals surface area contributed by atoms with E-state index in [9.17, 15) is 4.79 Å². The zero-order valence-electron chi connectivity index (χ0n) is 15.6. The Morgan fingerprint density at radius 3 is 2.31 bits per heavy atom. The van der Waals surface area contributed by atoms with Crippen molar-refractivity contribution in [1.29, 1.82) is 0 Å². The number of hydrogen-bond acceptors (Lipinski definition) is 5. The Labute approximate surface area is 181 Å². The van der Waals surface area contributed by atoms with Crippen LogP contribution in [0.2, 0.25) is 0 Å². The Morgan fingerprint density at radius 1 is 0.931 bits per heavy atom. The molecule has 144 valence electrons. The first kappa shape index (κ1) is 19.3. The first-order chi connectivity index (χ1) is 14.2. The van der Waals surface area contributed by atoms with Gasteiger partial charge in [-0.1, -0.05) is 60.7 Å². The number of rotatable bonds is 5. The fourth-order valence-corrected chi connectivity index (χ4v) is 3.66. The molecule has 0 aliphatic carbocycles. The number of carbonyl (C=O) groups is 1. The van der Waals surface area contributed by atoms with E-state index in [1.165, 1.54) is 7.11 Å². The van der Waals surface area contributed by atoms with Gasteiger partial charge in [0.05, 0.1) is 12.8 Å².